The molecule has 35 heavy (non-hydrogen) atoms. The van der Waals surface area contributed by atoms with Gasteiger partial charge in [-0.15, -0.1) is 11.8 Å². The van der Waals surface area contributed by atoms with Crippen LogP contribution in [0, 0.1) is 6.92 Å². The van der Waals surface area contributed by atoms with Gasteiger partial charge in [-0.2, -0.15) is 10.1 Å². The smallest absolute Gasteiger partial charge is 0.282 e. The Bertz CT molecular complexity index is 1430. The molecule has 0 spiro atoms. The Hall–Kier alpha value is -3.62. The molecular weight excluding hydrogens is 478 g/mol. The number of carbonyl (C=O) groups excluding carboxylic acids is 1. The summed E-state index contributed by atoms with van der Waals surface area (Å²) >= 11 is 3.10. The van der Waals surface area contributed by atoms with Gasteiger partial charge in [0.15, 0.2) is 11.5 Å². The van der Waals surface area contributed by atoms with Gasteiger partial charge in [0.2, 0.25) is 5.13 Å². The number of hydrogen-bond acceptors (Lipinski definition) is 7. The summed E-state index contributed by atoms with van der Waals surface area (Å²) in [4.78, 5) is 19.3. The summed E-state index contributed by atoms with van der Waals surface area (Å²) in [5, 5.41) is 6.70. The first-order valence-corrected chi connectivity index (χ1v) is 12.8. The Labute approximate surface area is 211 Å². The van der Waals surface area contributed by atoms with E-state index >= 15 is 0 Å². The number of hydrazone groups is 1. The molecular formula is C27H23N3O3S2. The van der Waals surface area contributed by atoms with Gasteiger partial charge < -0.3 is 9.47 Å². The molecule has 5 rings (SSSR count). The lowest BCUT2D eigenvalue weighted by Gasteiger charge is -2.09. The molecule has 1 aliphatic rings. The van der Waals surface area contributed by atoms with Gasteiger partial charge in [0.05, 0.1) is 35.7 Å². The molecule has 0 saturated heterocycles. The molecule has 0 N–H and O–H groups in total. The molecule has 176 valence electrons. The third-order valence-electron chi connectivity index (χ3n) is 5.53. The van der Waals surface area contributed by atoms with Crippen molar-refractivity contribution in [3.8, 4) is 11.5 Å². The molecule has 1 amide bonds. The summed E-state index contributed by atoms with van der Waals surface area (Å²) in [5.41, 5.74) is 4.12. The van der Waals surface area contributed by atoms with Crippen molar-refractivity contribution in [2.75, 3.05) is 25.0 Å². The maximum atomic E-state index is 13.6. The van der Waals surface area contributed by atoms with Gasteiger partial charge in [0.25, 0.3) is 5.91 Å². The van der Waals surface area contributed by atoms with Crippen LogP contribution in [0.15, 0.2) is 82.3 Å². The van der Waals surface area contributed by atoms with Crippen LogP contribution in [-0.4, -0.2) is 36.6 Å². The molecule has 1 aromatic heterocycles. The van der Waals surface area contributed by atoms with E-state index in [0.717, 1.165) is 20.7 Å². The largest absolute Gasteiger partial charge is 0.493 e. The molecule has 8 heteroatoms. The highest BCUT2D eigenvalue weighted by Crippen LogP contribution is 2.35. The van der Waals surface area contributed by atoms with E-state index in [-0.39, 0.29) is 5.91 Å². The minimum atomic E-state index is -0.196. The molecule has 0 bridgehead atoms. The molecule has 0 saturated carbocycles. The zero-order chi connectivity index (χ0) is 24.4. The topological polar surface area (TPSA) is 64.0 Å². The van der Waals surface area contributed by atoms with Crippen LogP contribution in [0.5, 0.6) is 11.5 Å². The Morgan fingerprint density at radius 1 is 1.00 bits per heavy atom. The van der Waals surface area contributed by atoms with Crippen molar-refractivity contribution >= 4 is 56.1 Å². The fraction of sp³-hybridized carbons (Fsp3) is 0.148. The van der Waals surface area contributed by atoms with Gasteiger partial charge in [-0.05, 0) is 55.0 Å². The Kier molecular flexibility index (Phi) is 6.57. The molecule has 0 radical (unpaired) electrons. The maximum Gasteiger partial charge on any atom is 0.282 e. The van der Waals surface area contributed by atoms with Gasteiger partial charge in [-0.25, -0.2) is 4.98 Å². The van der Waals surface area contributed by atoms with Crippen LogP contribution < -0.4 is 14.5 Å². The second-order valence-electron chi connectivity index (χ2n) is 7.90. The molecule has 4 aromatic rings. The van der Waals surface area contributed by atoms with Crippen molar-refractivity contribution in [3.63, 3.8) is 0 Å². The quantitative estimate of drug-likeness (QED) is 0.223. The van der Waals surface area contributed by atoms with Crippen LogP contribution in [0.3, 0.4) is 0 Å². The molecule has 2 heterocycles. The van der Waals surface area contributed by atoms with Crippen molar-refractivity contribution < 1.29 is 14.3 Å². The van der Waals surface area contributed by atoms with Crippen molar-refractivity contribution in [1.29, 1.82) is 0 Å². The number of carbonyl (C=O) groups is 1. The molecule has 0 unspecified atom stereocenters. The van der Waals surface area contributed by atoms with Gasteiger partial charge in [-0.1, -0.05) is 47.2 Å². The first kappa shape index (κ1) is 23.1. The highest BCUT2D eigenvalue weighted by molar-refractivity contribution is 8.00. The summed E-state index contributed by atoms with van der Waals surface area (Å²) in [7, 11) is 3.19. The number of thiazole rings is 1. The Morgan fingerprint density at radius 3 is 2.51 bits per heavy atom. The minimum absolute atomic E-state index is 0.196. The molecule has 6 nitrogen and oxygen atoms in total. The fourth-order valence-electron chi connectivity index (χ4n) is 3.68. The van der Waals surface area contributed by atoms with Crippen LogP contribution in [0.1, 0.15) is 11.1 Å². The predicted octanol–water partition coefficient (Wildman–Crippen LogP) is 6.20. The van der Waals surface area contributed by atoms with Crippen molar-refractivity contribution in [1.82, 2.24) is 4.98 Å². The molecule has 3 aromatic carbocycles. The maximum absolute atomic E-state index is 13.6. The van der Waals surface area contributed by atoms with Crippen LogP contribution in [0.4, 0.5) is 5.13 Å². The van der Waals surface area contributed by atoms with Gasteiger partial charge >= 0.3 is 0 Å². The first-order chi connectivity index (χ1) is 17.1. The molecule has 0 fully saturated rings. The number of thioether (sulfide) groups is 1. The van der Waals surface area contributed by atoms with E-state index in [9.17, 15) is 4.79 Å². The van der Waals surface area contributed by atoms with Crippen LogP contribution in [0.25, 0.3) is 16.3 Å². The van der Waals surface area contributed by atoms with E-state index in [0.29, 0.717) is 33.7 Å². The fourth-order valence-corrected chi connectivity index (χ4v) is 5.45. The third kappa shape index (κ3) is 4.80. The second-order valence-corrected chi connectivity index (χ2v) is 9.96. The molecule has 0 aliphatic carbocycles. The average Bonchev–Trinajstić information content (AvgIpc) is 3.44. The lowest BCUT2D eigenvalue weighted by molar-refractivity contribution is -0.114. The van der Waals surface area contributed by atoms with Crippen molar-refractivity contribution in [3.05, 3.63) is 83.4 Å². The van der Waals surface area contributed by atoms with E-state index < -0.39 is 0 Å². The number of nitrogens with zero attached hydrogens (tertiary/aromatic N) is 3. The van der Waals surface area contributed by atoms with Crippen LogP contribution >= 0.6 is 23.1 Å². The average molecular weight is 502 g/mol. The summed E-state index contributed by atoms with van der Waals surface area (Å²) in [6.07, 6.45) is 1.85. The number of benzene rings is 3. The Balaban J connectivity index is 1.51. The number of aromatic nitrogens is 1. The number of methoxy groups -OCH3 is 2. The highest BCUT2D eigenvalue weighted by atomic mass is 32.2. The minimum Gasteiger partial charge on any atom is -0.493 e. The third-order valence-corrected chi connectivity index (χ3v) is 7.57. The zero-order valence-corrected chi connectivity index (χ0v) is 21.2. The van der Waals surface area contributed by atoms with Gasteiger partial charge in [0, 0.05) is 10.6 Å². The summed E-state index contributed by atoms with van der Waals surface area (Å²) in [6, 6.07) is 21.7. The molecule has 0 atom stereocenters. The van der Waals surface area contributed by atoms with Crippen molar-refractivity contribution in [2.24, 2.45) is 5.10 Å². The SMILES string of the molecule is COc1ccc(C=C2C(=O)N(c3nc4ccccc4s3)N=C2CSc2ccc(C)cc2)cc1OC. The number of rotatable bonds is 7. The molecule has 1 aliphatic heterocycles. The predicted molar refractivity (Wildman–Crippen MR) is 144 cm³/mol. The van der Waals surface area contributed by atoms with E-state index in [1.165, 1.54) is 21.9 Å². The lowest BCUT2D eigenvalue weighted by atomic mass is 10.1. The standard InChI is InChI=1S/C27H23N3O3S2/c1-17-8-11-19(12-9-17)34-16-22-20(14-18-10-13-23(32-2)24(15-18)33-3)26(31)30(29-22)27-28-21-6-4-5-7-25(21)35-27/h4-15H,16H2,1-3H3. The summed E-state index contributed by atoms with van der Waals surface area (Å²) in [6.45, 7) is 2.06. The van der Waals surface area contributed by atoms with Crippen LogP contribution in [0.2, 0.25) is 0 Å². The van der Waals surface area contributed by atoms with E-state index in [1.807, 2.05) is 48.5 Å². The normalized spacial score (nSPS) is 14.6. The summed E-state index contributed by atoms with van der Waals surface area (Å²) in [5.74, 6) is 1.59. The second kappa shape index (κ2) is 9.93. The van der Waals surface area contributed by atoms with Crippen LogP contribution in [-0.2, 0) is 4.79 Å². The van der Waals surface area contributed by atoms with Gasteiger partial charge in [-0.3, -0.25) is 4.79 Å². The number of amides is 1. The van der Waals surface area contributed by atoms with E-state index in [1.54, 1.807) is 26.0 Å². The number of ether oxygens (including phenoxy) is 2. The van der Waals surface area contributed by atoms with Gasteiger partial charge in [0.1, 0.15) is 0 Å². The van der Waals surface area contributed by atoms with E-state index in [4.69, 9.17) is 14.6 Å². The first-order valence-electron chi connectivity index (χ1n) is 11.0. The number of para-hydroxylation sites is 1. The number of hydrogen-bond donors (Lipinski definition) is 0. The lowest BCUT2D eigenvalue weighted by Crippen LogP contribution is -2.21. The number of fused-ring (bicyclic) bond motifs is 1. The zero-order valence-electron chi connectivity index (χ0n) is 19.5. The van der Waals surface area contributed by atoms with Crippen molar-refractivity contribution in [2.45, 2.75) is 11.8 Å². The van der Waals surface area contributed by atoms with E-state index in [2.05, 4.69) is 36.2 Å². The summed E-state index contributed by atoms with van der Waals surface area (Å²) < 4.78 is 11.8. The number of anilines is 1. The highest BCUT2D eigenvalue weighted by Gasteiger charge is 2.33. The monoisotopic (exact) mass is 501 g/mol. The Morgan fingerprint density at radius 2 is 1.77 bits per heavy atom. The number of aryl methyl sites for hydroxylation is 1.